The van der Waals surface area contributed by atoms with Gasteiger partial charge in [-0.3, -0.25) is 9.89 Å². The van der Waals surface area contributed by atoms with Gasteiger partial charge < -0.3 is 11.1 Å². The van der Waals surface area contributed by atoms with E-state index in [4.69, 9.17) is 5.73 Å². The number of H-pyrrole nitrogens is 1. The fourth-order valence-electron chi connectivity index (χ4n) is 1.27. The Labute approximate surface area is 95.9 Å². The maximum atomic E-state index is 11.9. The Balaban J connectivity index is 2.21. The minimum absolute atomic E-state index is 0.223. The molecule has 0 saturated heterocycles. The highest BCUT2D eigenvalue weighted by Crippen LogP contribution is 2.21. The predicted molar refractivity (Wildman–Crippen MR) is 62.5 cm³/mol. The fraction of sp³-hybridized carbons (Fsp3) is 0.222. The quantitative estimate of drug-likeness (QED) is 0.733. The molecule has 0 aromatic carbocycles. The zero-order chi connectivity index (χ0) is 11.7. The molecule has 1 amide bonds. The summed E-state index contributed by atoms with van der Waals surface area (Å²) < 4.78 is 0. The number of aryl methyl sites for hydroxylation is 2. The lowest BCUT2D eigenvalue weighted by atomic mass is 10.3. The van der Waals surface area contributed by atoms with Crippen molar-refractivity contribution in [1.82, 2.24) is 15.2 Å². The number of thiazole rings is 1. The summed E-state index contributed by atoms with van der Waals surface area (Å²) in [4.78, 5) is 16.4. The zero-order valence-corrected chi connectivity index (χ0v) is 9.68. The van der Waals surface area contributed by atoms with Gasteiger partial charge in [-0.2, -0.15) is 5.10 Å². The van der Waals surface area contributed by atoms with Crippen molar-refractivity contribution in [2.75, 3.05) is 11.1 Å². The number of nitrogens with two attached hydrogens (primary N) is 1. The van der Waals surface area contributed by atoms with E-state index in [1.165, 1.54) is 11.3 Å². The lowest BCUT2D eigenvalue weighted by molar-refractivity contribution is 0.102. The van der Waals surface area contributed by atoms with Crippen LogP contribution in [-0.4, -0.2) is 21.1 Å². The van der Waals surface area contributed by atoms with Crippen molar-refractivity contribution in [2.45, 2.75) is 13.8 Å². The minimum atomic E-state index is -0.223. The summed E-state index contributed by atoms with van der Waals surface area (Å²) in [6, 6.07) is 0. The Morgan fingerprint density at radius 1 is 1.56 bits per heavy atom. The highest BCUT2D eigenvalue weighted by atomic mass is 32.1. The molecule has 2 aromatic heterocycles. The van der Waals surface area contributed by atoms with Crippen molar-refractivity contribution in [3.05, 3.63) is 22.3 Å². The molecule has 6 nitrogen and oxygen atoms in total. The molecule has 2 rings (SSSR count). The van der Waals surface area contributed by atoms with Gasteiger partial charge in [-0.1, -0.05) is 11.3 Å². The monoisotopic (exact) mass is 237 g/mol. The smallest absolute Gasteiger partial charge is 0.268 e. The van der Waals surface area contributed by atoms with Crippen LogP contribution in [0.2, 0.25) is 0 Å². The number of aromatic nitrogens is 3. The number of carbonyl (C=O) groups is 1. The number of rotatable bonds is 2. The maximum absolute atomic E-state index is 11.9. The van der Waals surface area contributed by atoms with E-state index in [1.54, 1.807) is 13.1 Å². The molecule has 16 heavy (non-hydrogen) atoms. The summed E-state index contributed by atoms with van der Waals surface area (Å²) >= 11 is 1.17. The molecule has 0 saturated carbocycles. The van der Waals surface area contributed by atoms with Gasteiger partial charge in [-0.15, -0.1) is 0 Å². The van der Waals surface area contributed by atoms with E-state index in [2.05, 4.69) is 20.5 Å². The largest absolute Gasteiger partial charge is 0.375 e. The molecule has 7 heteroatoms. The normalized spacial score (nSPS) is 10.4. The van der Waals surface area contributed by atoms with E-state index in [1.807, 2.05) is 6.92 Å². The number of hydrogen-bond donors (Lipinski definition) is 3. The van der Waals surface area contributed by atoms with Gasteiger partial charge in [-0.25, -0.2) is 4.98 Å². The molecule has 2 aromatic rings. The summed E-state index contributed by atoms with van der Waals surface area (Å²) in [5.41, 5.74) is 7.04. The van der Waals surface area contributed by atoms with Crippen LogP contribution < -0.4 is 11.1 Å². The first-order valence-electron chi connectivity index (χ1n) is 4.62. The Kier molecular flexibility index (Phi) is 2.61. The number of carbonyl (C=O) groups excluding carboxylic acids is 1. The third kappa shape index (κ3) is 1.89. The number of hydrogen-bond acceptors (Lipinski definition) is 5. The number of aromatic amines is 1. The first-order chi connectivity index (χ1) is 7.58. The number of anilines is 2. The van der Waals surface area contributed by atoms with E-state index >= 15 is 0 Å². The third-order valence-corrected chi connectivity index (χ3v) is 3.07. The number of amides is 1. The van der Waals surface area contributed by atoms with E-state index in [9.17, 15) is 4.79 Å². The minimum Gasteiger partial charge on any atom is -0.375 e. The van der Waals surface area contributed by atoms with Gasteiger partial charge in [-0.05, 0) is 13.8 Å². The van der Waals surface area contributed by atoms with Crippen LogP contribution in [0.3, 0.4) is 0 Å². The van der Waals surface area contributed by atoms with Crippen molar-refractivity contribution < 1.29 is 4.79 Å². The van der Waals surface area contributed by atoms with E-state index < -0.39 is 0 Å². The van der Waals surface area contributed by atoms with Crippen molar-refractivity contribution in [2.24, 2.45) is 0 Å². The molecule has 0 spiro atoms. The lowest BCUT2D eigenvalue weighted by Crippen LogP contribution is -2.12. The van der Waals surface area contributed by atoms with E-state index in [0.29, 0.717) is 21.5 Å². The summed E-state index contributed by atoms with van der Waals surface area (Å²) in [5.74, 6) is 0.371. The summed E-state index contributed by atoms with van der Waals surface area (Å²) in [6.07, 6.45) is 1.64. The molecular formula is C9H11N5OS. The Bertz CT molecular complexity index is 530. The van der Waals surface area contributed by atoms with Gasteiger partial charge in [0, 0.05) is 5.56 Å². The van der Waals surface area contributed by atoms with Crippen LogP contribution in [-0.2, 0) is 0 Å². The molecule has 0 aliphatic carbocycles. The summed E-state index contributed by atoms with van der Waals surface area (Å²) in [7, 11) is 0. The molecule has 84 valence electrons. The predicted octanol–water partition coefficient (Wildman–Crippen LogP) is 1.32. The molecule has 0 unspecified atom stereocenters. The summed E-state index contributed by atoms with van der Waals surface area (Å²) in [6.45, 7) is 3.61. The van der Waals surface area contributed by atoms with Gasteiger partial charge in [0.15, 0.2) is 5.13 Å². The van der Waals surface area contributed by atoms with Crippen molar-refractivity contribution in [1.29, 1.82) is 0 Å². The second kappa shape index (κ2) is 3.93. The van der Waals surface area contributed by atoms with Gasteiger partial charge >= 0.3 is 0 Å². The summed E-state index contributed by atoms with van der Waals surface area (Å²) in [5, 5.41) is 9.63. The average molecular weight is 237 g/mol. The highest BCUT2D eigenvalue weighted by molar-refractivity contribution is 7.17. The first kappa shape index (κ1) is 10.6. The van der Waals surface area contributed by atoms with Crippen LogP contribution in [0.25, 0.3) is 0 Å². The Hall–Kier alpha value is -1.89. The van der Waals surface area contributed by atoms with Crippen LogP contribution in [0.4, 0.5) is 10.9 Å². The second-order valence-corrected chi connectivity index (χ2v) is 4.38. The third-order valence-electron chi connectivity index (χ3n) is 2.09. The van der Waals surface area contributed by atoms with E-state index in [-0.39, 0.29) is 5.91 Å². The van der Waals surface area contributed by atoms with Crippen molar-refractivity contribution >= 4 is 28.2 Å². The van der Waals surface area contributed by atoms with Crippen molar-refractivity contribution in [3.63, 3.8) is 0 Å². The average Bonchev–Trinajstić information content (AvgIpc) is 2.74. The topological polar surface area (TPSA) is 96.7 Å². The second-order valence-electron chi connectivity index (χ2n) is 3.35. The van der Waals surface area contributed by atoms with E-state index in [0.717, 1.165) is 5.56 Å². The number of nitrogens with zero attached hydrogens (tertiary/aromatic N) is 2. The molecular weight excluding hydrogens is 226 g/mol. The highest BCUT2D eigenvalue weighted by Gasteiger charge is 2.15. The number of nitrogen functional groups attached to an aromatic ring is 1. The lowest BCUT2D eigenvalue weighted by Gasteiger charge is -2.01. The van der Waals surface area contributed by atoms with Crippen LogP contribution in [0.15, 0.2) is 6.20 Å². The van der Waals surface area contributed by atoms with Gasteiger partial charge in [0.2, 0.25) is 0 Å². The Morgan fingerprint density at radius 2 is 2.31 bits per heavy atom. The number of nitrogens with one attached hydrogen (secondary N) is 2. The standard InChI is InChI=1S/C9H11N5OS/c1-4-3-11-14-7(4)13-8(15)6-5(2)12-9(10)16-6/h3H,1-2H3,(H2,10,12)(H2,11,13,14,15). The first-order valence-corrected chi connectivity index (χ1v) is 5.44. The Morgan fingerprint density at radius 3 is 2.81 bits per heavy atom. The molecule has 0 aliphatic heterocycles. The molecule has 4 N–H and O–H groups in total. The molecule has 0 aliphatic rings. The van der Waals surface area contributed by atoms with Crippen molar-refractivity contribution in [3.8, 4) is 0 Å². The molecule has 0 bridgehead atoms. The van der Waals surface area contributed by atoms with Gasteiger partial charge in [0.1, 0.15) is 10.7 Å². The SMILES string of the molecule is Cc1cn[nH]c1NC(=O)c1sc(N)nc1C. The van der Waals surface area contributed by atoms with Crippen LogP contribution in [0.5, 0.6) is 0 Å². The maximum Gasteiger partial charge on any atom is 0.268 e. The molecule has 0 fully saturated rings. The fourth-order valence-corrected chi connectivity index (χ4v) is 2.00. The molecule has 2 heterocycles. The molecule has 0 radical (unpaired) electrons. The van der Waals surface area contributed by atoms with Gasteiger partial charge in [0.05, 0.1) is 11.9 Å². The van der Waals surface area contributed by atoms with Gasteiger partial charge in [0.25, 0.3) is 5.91 Å². The van der Waals surface area contributed by atoms with Crippen LogP contribution >= 0.6 is 11.3 Å². The van der Waals surface area contributed by atoms with Crippen LogP contribution in [0, 0.1) is 13.8 Å². The van der Waals surface area contributed by atoms with Crippen LogP contribution in [0.1, 0.15) is 20.9 Å². The molecule has 0 atom stereocenters. The zero-order valence-electron chi connectivity index (χ0n) is 8.87.